The summed E-state index contributed by atoms with van der Waals surface area (Å²) in [7, 11) is 0. The van der Waals surface area contributed by atoms with Crippen LogP contribution in [-0.2, 0) is 10.2 Å². The molecule has 22 heavy (non-hydrogen) atoms. The molecule has 1 aromatic rings. The molecular formula is C15H27N3O4. The first-order valence-electron chi connectivity index (χ1n) is 7.45. The number of hydrogen-bond acceptors (Lipinski definition) is 6. The lowest BCUT2D eigenvalue weighted by Crippen LogP contribution is -2.42. The summed E-state index contributed by atoms with van der Waals surface area (Å²) < 4.78 is 10.3. The molecule has 0 fully saturated rings. The molecule has 0 bridgehead atoms. The van der Waals surface area contributed by atoms with E-state index in [9.17, 15) is 9.90 Å². The number of nitrogens with zero attached hydrogens (tertiary/aromatic N) is 2. The van der Waals surface area contributed by atoms with E-state index in [0.29, 0.717) is 12.2 Å². The number of hydrogen-bond donors (Lipinski definition) is 2. The molecule has 0 saturated carbocycles. The van der Waals surface area contributed by atoms with Gasteiger partial charge in [0.2, 0.25) is 0 Å². The summed E-state index contributed by atoms with van der Waals surface area (Å²) in [6.45, 7) is 13.0. The van der Waals surface area contributed by atoms with Crippen LogP contribution in [0.4, 0.5) is 4.79 Å². The monoisotopic (exact) mass is 313 g/mol. The number of nitrogens with one attached hydrogen (secondary N) is 1. The van der Waals surface area contributed by atoms with Crippen LogP contribution < -0.4 is 5.32 Å². The van der Waals surface area contributed by atoms with E-state index in [1.807, 2.05) is 27.7 Å². The zero-order valence-electron chi connectivity index (χ0n) is 14.4. The normalized spacial score (nSPS) is 15.3. The Balaban J connectivity index is 2.78. The first-order valence-corrected chi connectivity index (χ1v) is 7.45. The van der Waals surface area contributed by atoms with Crippen LogP contribution in [-0.4, -0.2) is 33.0 Å². The molecule has 2 N–H and O–H groups in total. The van der Waals surface area contributed by atoms with Crippen molar-refractivity contribution >= 4 is 6.09 Å². The third-order valence-electron chi connectivity index (χ3n) is 2.89. The highest BCUT2D eigenvalue weighted by molar-refractivity contribution is 5.68. The maximum atomic E-state index is 11.8. The van der Waals surface area contributed by atoms with Crippen molar-refractivity contribution in [3.8, 4) is 0 Å². The van der Waals surface area contributed by atoms with Gasteiger partial charge in [-0.2, -0.15) is 4.98 Å². The Morgan fingerprint density at radius 3 is 2.32 bits per heavy atom. The van der Waals surface area contributed by atoms with Gasteiger partial charge in [0.15, 0.2) is 11.9 Å². The summed E-state index contributed by atoms with van der Waals surface area (Å²) in [5.74, 6) is 0.599. The van der Waals surface area contributed by atoms with Crippen LogP contribution >= 0.6 is 0 Å². The molecule has 0 spiro atoms. The number of carbonyl (C=O) groups is 1. The number of alkyl carbamates (subject to hydrolysis) is 1. The van der Waals surface area contributed by atoms with Crippen LogP contribution in [0.3, 0.4) is 0 Å². The van der Waals surface area contributed by atoms with Crippen molar-refractivity contribution in [2.45, 2.75) is 78.0 Å². The maximum Gasteiger partial charge on any atom is 0.407 e. The molecule has 0 aliphatic rings. The molecule has 0 aromatic carbocycles. The smallest absolute Gasteiger partial charge is 0.407 e. The second-order valence-electron chi connectivity index (χ2n) is 7.31. The highest BCUT2D eigenvalue weighted by atomic mass is 16.6. The number of aliphatic hydroxyl groups excluding tert-OH is 1. The van der Waals surface area contributed by atoms with Crippen LogP contribution in [0.5, 0.6) is 0 Å². The standard InChI is InChI=1S/C15H27N3O4/c1-8-9(16-13(20)21-15(5,6)7)10(19)11-17-12(18-22-11)14(2,3)4/h9-10,19H,8H2,1-7H3,(H,16,20). The first-order chi connectivity index (χ1) is 9.94. The number of aliphatic hydroxyl groups is 1. The second kappa shape index (κ2) is 6.64. The van der Waals surface area contributed by atoms with E-state index in [4.69, 9.17) is 9.26 Å². The average molecular weight is 313 g/mol. The quantitative estimate of drug-likeness (QED) is 0.887. The van der Waals surface area contributed by atoms with Gasteiger partial charge in [-0.1, -0.05) is 32.9 Å². The van der Waals surface area contributed by atoms with Crippen molar-refractivity contribution in [1.29, 1.82) is 0 Å². The van der Waals surface area contributed by atoms with Gasteiger partial charge in [0.1, 0.15) is 5.60 Å². The fourth-order valence-corrected chi connectivity index (χ4v) is 1.70. The van der Waals surface area contributed by atoms with Crippen molar-refractivity contribution in [3.63, 3.8) is 0 Å². The minimum Gasteiger partial charge on any atom is -0.444 e. The lowest BCUT2D eigenvalue weighted by atomic mass is 9.96. The second-order valence-corrected chi connectivity index (χ2v) is 7.31. The number of amides is 1. The molecule has 0 saturated heterocycles. The zero-order chi connectivity index (χ0) is 17.1. The van der Waals surface area contributed by atoms with Gasteiger partial charge in [-0.3, -0.25) is 0 Å². The van der Waals surface area contributed by atoms with E-state index in [-0.39, 0.29) is 11.3 Å². The number of rotatable bonds is 4. The Morgan fingerprint density at radius 1 is 1.32 bits per heavy atom. The average Bonchev–Trinajstić information content (AvgIpc) is 2.82. The minimum atomic E-state index is -1.08. The van der Waals surface area contributed by atoms with Crippen molar-refractivity contribution in [2.75, 3.05) is 0 Å². The predicted octanol–water partition coefficient (Wildman–Crippen LogP) is 2.70. The van der Waals surface area contributed by atoms with Gasteiger partial charge in [0, 0.05) is 5.41 Å². The lowest BCUT2D eigenvalue weighted by molar-refractivity contribution is 0.0375. The van der Waals surface area contributed by atoms with Gasteiger partial charge in [0.25, 0.3) is 5.89 Å². The van der Waals surface area contributed by atoms with Crippen molar-refractivity contribution in [2.24, 2.45) is 0 Å². The molecule has 0 aliphatic heterocycles. The van der Waals surface area contributed by atoms with E-state index in [0.717, 1.165) is 0 Å². The van der Waals surface area contributed by atoms with E-state index >= 15 is 0 Å². The maximum absolute atomic E-state index is 11.8. The summed E-state index contributed by atoms with van der Waals surface area (Å²) in [5, 5.41) is 16.8. The SMILES string of the molecule is CCC(NC(=O)OC(C)(C)C)C(O)c1nc(C(C)(C)C)no1. The molecule has 2 atom stereocenters. The molecular weight excluding hydrogens is 286 g/mol. The van der Waals surface area contributed by atoms with Crippen molar-refractivity contribution in [3.05, 3.63) is 11.7 Å². The summed E-state index contributed by atoms with van der Waals surface area (Å²) in [4.78, 5) is 16.0. The molecule has 1 rings (SSSR count). The molecule has 1 aromatic heterocycles. The molecule has 2 unspecified atom stereocenters. The fourth-order valence-electron chi connectivity index (χ4n) is 1.70. The molecule has 126 valence electrons. The van der Waals surface area contributed by atoms with Crippen LogP contribution in [0.15, 0.2) is 4.52 Å². The number of ether oxygens (including phenoxy) is 1. The first kappa shape index (κ1) is 18.4. The molecule has 0 radical (unpaired) electrons. The third kappa shape index (κ3) is 5.29. The van der Waals surface area contributed by atoms with Gasteiger partial charge < -0.3 is 19.7 Å². The number of carbonyl (C=O) groups excluding carboxylic acids is 1. The largest absolute Gasteiger partial charge is 0.444 e. The van der Waals surface area contributed by atoms with Gasteiger partial charge in [0.05, 0.1) is 6.04 Å². The highest BCUT2D eigenvalue weighted by Crippen LogP contribution is 2.23. The van der Waals surface area contributed by atoms with Crippen molar-refractivity contribution in [1.82, 2.24) is 15.5 Å². The third-order valence-corrected chi connectivity index (χ3v) is 2.89. The number of aromatic nitrogens is 2. The van der Waals surface area contributed by atoms with Crippen LogP contribution in [0.25, 0.3) is 0 Å². The summed E-state index contributed by atoms with van der Waals surface area (Å²) in [6.07, 6.45) is -1.18. The summed E-state index contributed by atoms with van der Waals surface area (Å²) in [5.41, 5.74) is -0.876. The van der Waals surface area contributed by atoms with E-state index < -0.39 is 23.8 Å². The molecule has 1 heterocycles. The lowest BCUT2D eigenvalue weighted by Gasteiger charge is -2.24. The molecule has 0 aliphatic carbocycles. The van der Waals surface area contributed by atoms with Crippen molar-refractivity contribution < 1.29 is 19.2 Å². The Morgan fingerprint density at radius 2 is 1.91 bits per heavy atom. The van der Waals surface area contributed by atoms with Crippen LogP contribution in [0.2, 0.25) is 0 Å². The fraction of sp³-hybridized carbons (Fsp3) is 0.800. The van der Waals surface area contributed by atoms with Crippen LogP contribution in [0.1, 0.15) is 72.7 Å². The molecule has 7 heteroatoms. The van der Waals surface area contributed by atoms with Gasteiger partial charge in [-0.15, -0.1) is 0 Å². The summed E-state index contributed by atoms with van der Waals surface area (Å²) in [6, 6.07) is -0.567. The Hall–Kier alpha value is -1.63. The van der Waals surface area contributed by atoms with Gasteiger partial charge in [-0.05, 0) is 27.2 Å². The predicted molar refractivity (Wildman–Crippen MR) is 81.4 cm³/mol. The van der Waals surface area contributed by atoms with E-state index in [2.05, 4.69) is 15.5 Å². The van der Waals surface area contributed by atoms with Gasteiger partial charge in [-0.25, -0.2) is 4.79 Å². The minimum absolute atomic E-state index is 0.0906. The topological polar surface area (TPSA) is 97.5 Å². The van der Waals surface area contributed by atoms with Crippen LogP contribution in [0, 0.1) is 0 Å². The molecule has 7 nitrogen and oxygen atoms in total. The summed E-state index contributed by atoms with van der Waals surface area (Å²) >= 11 is 0. The Kier molecular flexibility index (Phi) is 5.56. The van der Waals surface area contributed by atoms with E-state index in [1.165, 1.54) is 0 Å². The van der Waals surface area contributed by atoms with Gasteiger partial charge >= 0.3 is 6.09 Å². The highest BCUT2D eigenvalue weighted by Gasteiger charge is 2.30. The Labute approximate surface area is 131 Å². The molecule has 1 amide bonds. The zero-order valence-corrected chi connectivity index (χ0v) is 14.4. The Bertz CT molecular complexity index is 500. The van der Waals surface area contributed by atoms with E-state index in [1.54, 1.807) is 20.8 Å².